The van der Waals surface area contributed by atoms with Crippen LogP contribution in [0.25, 0.3) is 0 Å². The third-order valence-corrected chi connectivity index (χ3v) is 6.82. The standard InChI is InChI=1S/C19H27ClN4O11S2/c1-22(19(30)24(37(3,33)34)23(11-10-20)36(2,31)32)12-13-4-6-14(7-5-13)35-18(29)21-15(17(27)28)8-9-16(25)26/h4-7,15H,8-12H2,1-3H3,(H,21,29)(H,25,26)(H,27,28)/t15-/m0/s1. The molecule has 0 aliphatic carbocycles. The number of rotatable bonds is 13. The molecule has 37 heavy (non-hydrogen) atoms. The van der Waals surface area contributed by atoms with Crippen LogP contribution in [0.4, 0.5) is 9.59 Å². The lowest BCUT2D eigenvalue weighted by Gasteiger charge is -2.33. The average molecular weight is 587 g/mol. The van der Waals surface area contributed by atoms with Gasteiger partial charge in [0.15, 0.2) is 0 Å². The van der Waals surface area contributed by atoms with Crippen molar-refractivity contribution in [3.8, 4) is 5.75 Å². The molecule has 0 aliphatic heterocycles. The summed E-state index contributed by atoms with van der Waals surface area (Å²) in [6, 6.07) is 2.81. The van der Waals surface area contributed by atoms with Crippen LogP contribution in [0.5, 0.6) is 5.75 Å². The minimum Gasteiger partial charge on any atom is -0.481 e. The fraction of sp³-hybridized carbons (Fsp3) is 0.474. The molecule has 0 saturated carbocycles. The summed E-state index contributed by atoms with van der Waals surface area (Å²) in [5, 5.41) is 19.8. The number of sulfonamides is 2. The van der Waals surface area contributed by atoms with Crippen LogP contribution in [0.2, 0.25) is 0 Å². The van der Waals surface area contributed by atoms with Gasteiger partial charge in [0, 0.05) is 32.4 Å². The first-order valence-electron chi connectivity index (χ1n) is 10.3. The maximum Gasteiger partial charge on any atom is 0.413 e. The number of hydrogen-bond acceptors (Lipinski definition) is 9. The Morgan fingerprint density at radius 1 is 1.03 bits per heavy atom. The zero-order valence-corrected chi connectivity index (χ0v) is 22.4. The summed E-state index contributed by atoms with van der Waals surface area (Å²) >= 11 is 5.59. The molecular weight excluding hydrogens is 560 g/mol. The summed E-state index contributed by atoms with van der Waals surface area (Å²) in [6.07, 6.45) is -0.584. The molecule has 1 rings (SSSR count). The number of urea groups is 1. The van der Waals surface area contributed by atoms with E-state index in [0.29, 0.717) is 16.2 Å². The molecule has 0 aliphatic rings. The van der Waals surface area contributed by atoms with Crippen LogP contribution in [-0.2, 0) is 36.2 Å². The molecule has 18 heteroatoms. The van der Waals surface area contributed by atoms with Gasteiger partial charge in [0.1, 0.15) is 11.8 Å². The van der Waals surface area contributed by atoms with Gasteiger partial charge < -0.3 is 25.2 Å². The van der Waals surface area contributed by atoms with Crippen molar-refractivity contribution < 1.29 is 51.0 Å². The number of aliphatic carboxylic acids is 2. The van der Waals surface area contributed by atoms with E-state index in [2.05, 4.69) is 0 Å². The Labute approximate surface area is 218 Å². The van der Waals surface area contributed by atoms with E-state index in [1.165, 1.54) is 31.3 Å². The largest absolute Gasteiger partial charge is 0.481 e. The van der Waals surface area contributed by atoms with Gasteiger partial charge in [-0.3, -0.25) is 4.79 Å². The minimum absolute atomic E-state index is 0.0132. The SMILES string of the molecule is CN(Cc1ccc(OC(=O)N[C@@H](CCC(=O)O)C(=O)O)cc1)C(=O)N(N(CCCl)S(C)(=O)=O)S(C)(=O)=O. The molecule has 0 radical (unpaired) electrons. The predicted molar refractivity (Wildman–Crippen MR) is 130 cm³/mol. The van der Waals surface area contributed by atoms with Crippen molar-refractivity contribution in [1.82, 2.24) is 19.0 Å². The first kappa shape index (κ1) is 31.9. The molecule has 208 valence electrons. The molecule has 0 spiro atoms. The lowest BCUT2D eigenvalue weighted by atomic mass is 10.1. The maximum atomic E-state index is 12.9. The normalized spacial score (nSPS) is 12.5. The van der Waals surface area contributed by atoms with Crippen molar-refractivity contribution in [3.05, 3.63) is 29.8 Å². The van der Waals surface area contributed by atoms with Crippen molar-refractivity contribution in [2.24, 2.45) is 0 Å². The fourth-order valence-electron chi connectivity index (χ4n) is 2.82. The van der Waals surface area contributed by atoms with E-state index in [1.54, 1.807) is 0 Å². The molecule has 1 atom stereocenters. The van der Waals surface area contributed by atoms with E-state index in [4.69, 9.17) is 26.6 Å². The summed E-state index contributed by atoms with van der Waals surface area (Å²) < 4.78 is 54.1. The van der Waals surface area contributed by atoms with Gasteiger partial charge in [0.05, 0.1) is 12.5 Å². The van der Waals surface area contributed by atoms with E-state index in [9.17, 15) is 36.0 Å². The van der Waals surface area contributed by atoms with Gasteiger partial charge in [0.25, 0.3) is 10.0 Å². The van der Waals surface area contributed by atoms with Crippen molar-refractivity contribution >= 4 is 55.7 Å². The first-order chi connectivity index (χ1) is 17.0. The van der Waals surface area contributed by atoms with E-state index < -0.39 is 63.1 Å². The molecule has 1 aromatic rings. The highest BCUT2D eigenvalue weighted by Gasteiger charge is 2.37. The molecule has 0 heterocycles. The maximum absolute atomic E-state index is 12.9. The second-order valence-electron chi connectivity index (χ2n) is 7.64. The number of amides is 3. The second kappa shape index (κ2) is 13.4. The van der Waals surface area contributed by atoms with E-state index in [0.717, 1.165) is 11.2 Å². The summed E-state index contributed by atoms with van der Waals surface area (Å²) in [5.74, 6) is -2.97. The van der Waals surface area contributed by atoms with E-state index >= 15 is 0 Å². The number of benzene rings is 1. The Hall–Kier alpha value is -3.15. The lowest BCUT2D eigenvalue weighted by molar-refractivity contribution is -0.140. The quantitative estimate of drug-likeness (QED) is 0.212. The molecule has 0 unspecified atom stereocenters. The summed E-state index contributed by atoms with van der Waals surface area (Å²) in [6.45, 7) is -0.647. The molecule has 0 bridgehead atoms. The van der Waals surface area contributed by atoms with Crippen LogP contribution in [0.15, 0.2) is 24.3 Å². The Balaban J connectivity index is 2.93. The first-order valence-corrected chi connectivity index (χ1v) is 14.5. The van der Waals surface area contributed by atoms with E-state index in [-0.39, 0.29) is 29.0 Å². The molecule has 15 nitrogen and oxygen atoms in total. The molecule has 0 saturated heterocycles. The van der Waals surface area contributed by atoms with Crippen LogP contribution < -0.4 is 10.1 Å². The topological polar surface area (TPSA) is 208 Å². The molecule has 0 fully saturated rings. The Morgan fingerprint density at radius 2 is 1.59 bits per heavy atom. The Morgan fingerprint density at radius 3 is 2.03 bits per heavy atom. The number of ether oxygens (including phenoxy) is 1. The van der Waals surface area contributed by atoms with Gasteiger partial charge in [-0.15, -0.1) is 16.0 Å². The van der Waals surface area contributed by atoms with E-state index in [1.807, 2.05) is 5.32 Å². The zero-order chi connectivity index (χ0) is 28.6. The number of nitrogens with one attached hydrogen (secondary N) is 1. The van der Waals surface area contributed by atoms with Gasteiger partial charge in [-0.2, -0.15) is 0 Å². The molecule has 0 aromatic heterocycles. The highest BCUT2D eigenvalue weighted by molar-refractivity contribution is 7.91. The van der Waals surface area contributed by atoms with Gasteiger partial charge in [-0.05, 0) is 24.1 Å². The van der Waals surface area contributed by atoms with Crippen LogP contribution in [0.1, 0.15) is 18.4 Å². The van der Waals surface area contributed by atoms with Crippen LogP contribution in [0.3, 0.4) is 0 Å². The number of carbonyl (C=O) groups excluding carboxylic acids is 2. The number of hydrogen-bond donors (Lipinski definition) is 3. The van der Waals surface area contributed by atoms with Gasteiger partial charge in [-0.1, -0.05) is 16.5 Å². The van der Waals surface area contributed by atoms with Gasteiger partial charge in [0.2, 0.25) is 10.0 Å². The third-order valence-electron chi connectivity index (χ3n) is 4.46. The van der Waals surface area contributed by atoms with Crippen molar-refractivity contribution in [1.29, 1.82) is 0 Å². The molecule has 3 amide bonds. The van der Waals surface area contributed by atoms with Crippen molar-refractivity contribution in [2.75, 3.05) is 32.0 Å². The van der Waals surface area contributed by atoms with Crippen LogP contribution in [-0.4, -0.2) is 103 Å². The minimum atomic E-state index is -4.36. The fourth-order valence-corrected chi connectivity index (χ4v) is 5.41. The van der Waals surface area contributed by atoms with Crippen molar-refractivity contribution in [3.63, 3.8) is 0 Å². The monoisotopic (exact) mass is 586 g/mol. The summed E-state index contributed by atoms with van der Waals surface area (Å²) in [5.41, 5.74) is 0.435. The Bertz CT molecular complexity index is 1210. The summed E-state index contributed by atoms with van der Waals surface area (Å²) in [7, 11) is -7.29. The van der Waals surface area contributed by atoms with Gasteiger partial charge >= 0.3 is 24.1 Å². The van der Waals surface area contributed by atoms with Crippen molar-refractivity contribution in [2.45, 2.75) is 25.4 Å². The predicted octanol–water partition coefficient (Wildman–Crippen LogP) is 0.322. The molecule has 1 aromatic carbocycles. The van der Waals surface area contributed by atoms with Crippen LogP contribution in [0, 0.1) is 0 Å². The lowest BCUT2D eigenvalue weighted by Crippen LogP contribution is -2.55. The highest BCUT2D eigenvalue weighted by atomic mass is 35.5. The number of carbonyl (C=O) groups is 4. The average Bonchev–Trinajstić information content (AvgIpc) is 2.75. The zero-order valence-electron chi connectivity index (χ0n) is 20.0. The van der Waals surface area contributed by atoms with Crippen LogP contribution >= 0.6 is 11.6 Å². The smallest absolute Gasteiger partial charge is 0.413 e. The Kier molecular flexibility index (Phi) is 11.6. The summed E-state index contributed by atoms with van der Waals surface area (Å²) in [4.78, 5) is 47.6. The van der Waals surface area contributed by atoms with Gasteiger partial charge in [-0.25, -0.2) is 31.2 Å². The number of alkyl halides is 1. The number of carboxylic acid groups (broad SMARTS) is 2. The molecule has 3 N–H and O–H groups in total. The molecular formula is C19H27ClN4O11S2. The number of halogens is 1. The highest BCUT2D eigenvalue weighted by Crippen LogP contribution is 2.17. The second-order valence-corrected chi connectivity index (χ2v) is 11.7. The number of hydrazine groups is 1. The number of carboxylic acids is 2. The third kappa shape index (κ3) is 10.4. The number of nitrogens with zero attached hydrogens (tertiary/aromatic N) is 3.